The fourth-order valence-corrected chi connectivity index (χ4v) is 2.57. The molecule has 1 N–H and O–H groups in total. The highest BCUT2D eigenvalue weighted by atomic mass is 19.4. The first-order valence-electron chi connectivity index (χ1n) is 8.25. The van der Waals surface area contributed by atoms with Crippen molar-refractivity contribution in [2.45, 2.75) is 25.6 Å². The van der Waals surface area contributed by atoms with Gasteiger partial charge in [-0.2, -0.15) is 13.2 Å². The Bertz CT molecular complexity index is 1010. The van der Waals surface area contributed by atoms with Crippen LogP contribution < -0.4 is 5.32 Å². The second kappa shape index (κ2) is 7.71. The second-order valence-electron chi connectivity index (χ2n) is 5.97. The van der Waals surface area contributed by atoms with E-state index < -0.39 is 35.4 Å². The third kappa shape index (κ3) is 4.30. The van der Waals surface area contributed by atoms with Gasteiger partial charge in [-0.15, -0.1) is 0 Å². The molecule has 3 rings (SSSR count). The molecule has 0 unspecified atom stereocenters. The molecule has 28 heavy (non-hydrogen) atoms. The average molecular weight is 392 g/mol. The van der Waals surface area contributed by atoms with E-state index in [1.807, 2.05) is 0 Å². The summed E-state index contributed by atoms with van der Waals surface area (Å²) < 4.78 is 49.1. The van der Waals surface area contributed by atoms with Gasteiger partial charge in [-0.3, -0.25) is 9.59 Å². The number of ether oxygens (including phenoxy) is 1. The van der Waals surface area contributed by atoms with Crippen molar-refractivity contribution >= 4 is 28.5 Å². The molecular formula is C19H15F3N2O4. The number of benzene rings is 2. The van der Waals surface area contributed by atoms with Crippen molar-refractivity contribution in [2.75, 3.05) is 5.32 Å². The van der Waals surface area contributed by atoms with E-state index >= 15 is 0 Å². The van der Waals surface area contributed by atoms with Gasteiger partial charge in [-0.05, 0) is 31.2 Å². The van der Waals surface area contributed by atoms with Gasteiger partial charge in [0, 0.05) is 5.39 Å². The van der Waals surface area contributed by atoms with Gasteiger partial charge in [0.15, 0.2) is 11.7 Å². The number of hydrogen-bond acceptors (Lipinski definition) is 5. The number of anilines is 1. The van der Waals surface area contributed by atoms with E-state index in [9.17, 15) is 22.8 Å². The highest BCUT2D eigenvalue weighted by Crippen LogP contribution is 2.34. The van der Waals surface area contributed by atoms with E-state index in [0.717, 1.165) is 12.1 Å². The number of nitrogens with zero attached hydrogens (tertiary/aromatic N) is 1. The van der Waals surface area contributed by atoms with Crippen molar-refractivity contribution in [3.05, 3.63) is 59.8 Å². The van der Waals surface area contributed by atoms with E-state index in [0.29, 0.717) is 16.7 Å². The quantitative estimate of drug-likeness (QED) is 0.665. The number of para-hydroxylation sites is 2. The molecule has 146 valence electrons. The molecule has 0 aliphatic heterocycles. The Morgan fingerprint density at radius 1 is 1.14 bits per heavy atom. The minimum absolute atomic E-state index is 0.242. The van der Waals surface area contributed by atoms with Crippen molar-refractivity contribution in [1.82, 2.24) is 5.16 Å². The van der Waals surface area contributed by atoms with Crippen LogP contribution in [0.2, 0.25) is 0 Å². The number of amides is 1. The number of alkyl halides is 3. The first-order chi connectivity index (χ1) is 13.3. The molecule has 3 aromatic rings. The minimum atomic E-state index is -4.63. The summed E-state index contributed by atoms with van der Waals surface area (Å²) in [6.07, 6.45) is -6.17. The second-order valence-corrected chi connectivity index (χ2v) is 5.97. The van der Waals surface area contributed by atoms with Gasteiger partial charge in [0.2, 0.25) is 0 Å². The summed E-state index contributed by atoms with van der Waals surface area (Å²) in [6, 6.07) is 11.5. The van der Waals surface area contributed by atoms with Gasteiger partial charge in [-0.25, -0.2) is 0 Å². The van der Waals surface area contributed by atoms with E-state index in [2.05, 4.69) is 10.5 Å². The summed E-state index contributed by atoms with van der Waals surface area (Å²) in [4.78, 5) is 24.2. The van der Waals surface area contributed by atoms with E-state index in [-0.39, 0.29) is 6.42 Å². The molecule has 0 aliphatic carbocycles. The summed E-state index contributed by atoms with van der Waals surface area (Å²) in [7, 11) is 0. The molecule has 0 saturated heterocycles. The maximum absolute atomic E-state index is 13.0. The highest BCUT2D eigenvalue weighted by Gasteiger charge is 2.34. The Morgan fingerprint density at radius 3 is 2.57 bits per heavy atom. The number of halogens is 3. The van der Waals surface area contributed by atoms with E-state index in [1.165, 1.54) is 19.1 Å². The third-order valence-corrected chi connectivity index (χ3v) is 3.93. The van der Waals surface area contributed by atoms with Gasteiger partial charge < -0.3 is 14.6 Å². The van der Waals surface area contributed by atoms with Crippen molar-refractivity contribution in [2.24, 2.45) is 0 Å². The number of carbonyl (C=O) groups excluding carboxylic acids is 2. The predicted molar refractivity (Wildman–Crippen MR) is 93.3 cm³/mol. The molecule has 0 aliphatic rings. The van der Waals surface area contributed by atoms with E-state index in [4.69, 9.17) is 9.26 Å². The SMILES string of the molecule is C[C@H](OC(=O)Cc1noc2ccccc12)C(=O)Nc1ccccc1C(F)(F)F. The zero-order chi connectivity index (χ0) is 20.3. The number of fused-ring (bicyclic) bond motifs is 1. The maximum Gasteiger partial charge on any atom is 0.418 e. The number of hydrogen-bond donors (Lipinski definition) is 1. The van der Waals surface area contributed by atoms with Crippen LogP contribution in [0.25, 0.3) is 11.0 Å². The monoisotopic (exact) mass is 392 g/mol. The lowest BCUT2D eigenvalue weighted by molar-refractivity contribution is -0.152. The van der Waals surface area contributed by atoms with Crippen LogP contribution in [0.5, 0.6) is 0 Å². The van der Waals surface area contributed by atoms with Crippen molar-refractivity contribution in [3.63, 3.8) is 0 Å². The summed E-state index contributed by atoms with van der Waals surface area (Å²) >= 11 is 0. The molecule has 0 saturated carbocycles. The molecule has 0 bridgehead atoms. The molecule has 1 amide bonds. The smallest absolute Gasteiger partial charge is 0.418 e. The Labute approximate surface area is 157 Å². The fourth-order valence-electron chi connectivity index (χ4n) is 2.57. The van der Waals surface area contributed by atoms with Crippen LogP contribution in [0.1, 0.15) is 18.2 Å². The lowest BCUT2D eigenvalue weighted by Crippen LogP contribution is -2.31. The Morgan fingerprint density at radius 2 is 1.82 bits per heavy atom. The highest BCUT2D eigenvalue weighted by molar-refractivity contribution is 5.96. The summed E-state index contributed by atoms with van der Waals surface area (Å²) in [6.45, 7) is 1.27. The first kappa shape index (κ1) is 19.4. The minimum Gasteiger partial charge on any atom is -0.452 e. The van der Waals surface area contributed by atoms with Crippen LogP contribution >= 0.6 is 0 Å². The molecule has 2 aromatic carbocycles. The Hall–Kier alpha value is -3.36. The van der Waals surface area contributed by atoms with Gasteiger partial charge in [-0.1, -0.05) is 29.4 Å². The zero-order valence-electron chi connectivity index (χ0n) is 14.6. The van der Waals surface area contributed by atoms with Crippen LogP contribution in [0, 0.1) is 0 Å². The topological polar surface area (TPSA) is 81.4 Å². The Kier molecular flexibility index (Phi) is 5.34. The summed E-state index contributed by atoms with van der Waals surface area (Å²) in [5, 5.41) is 6.57. The Balaban J connectivity index is 1.64. The third-order valence-electron chi connectivity index (χ3n) is 3.93. The van der Waals surface area contributed by atoms with Gasteiger partial charge >= 0.3 is 12.1 Å². The number of esters is 1. The number of nitrogens with one attached hydrogen (secondary N) is 1. The lowest BCUT2D eigenvalue weighted by Gasteiger charge is -2.16. The molecule has 9 heteroatoms. The molecule has 0 radical (unpaired) electrons. The molecule has 1 atom stereocenters. The number of rotatable bonds is 5. The van der Waals surface area contributed by atoms with Crippen LogP contribution in [-0.2, 0) is 26.9 Å². The molecule has 1 aromatic heterocycles. The van der Waals surface area contributed by atoms with Crippen molar-refractivity contribution in [1.29, 1.82) is 0 Å². The number of aromatic nitrogens is 1. The number of carbonyl (C=O) groups is 2. The van der Waals surface area contributed by atoms with Crippen LogP contribution in [0.15, 0.2) is 53.1 Å². The molecule has 6 nitrogen and oxygen atoms in total. The summed E-state index contributed by atoms with van der Waals surface area (Å²) in [5.74, 6) is -1.64. The van der Waals surface area contributed by atoms with Crippen molar-refractivity contribution < 1.29 is 32.0 Å². The lowest BCUT2D eigenvalue weighted by atomic mass is 10.1. The van der Waals surface area contributed by atoms with Crippen LogP contribution in [0.3, 0.4) is 0 Å². The largest absolute Gasteiger partial charge is 0.452 e. The standard InChI is InChI=1S/C19H15F3N2O4/c1-11(18(26)23-14-8-4-3-7-13(14)19(20,21)22)27-17(25)10-15-12-6-2-5-9-16(12)28-24-15/h2-9,11H,10H2,1H3,(H,23,26)/t11-/m0/s1. The van der Waals surface area contributed by atoms with Gasteiger partial charge in [0.1, 0.15) is 5.69 Å². The molecular weight excluding hydrogens is 377 g/mol. The van der Waals surface area contributed by atoms with Crippen LogP contribution in [-0.4, -0.2) is 23.1 Å². The van der Waals surface area contributed by atoms with Crippen LogP contribution in [0.4, 0.5) is 18.9 Å². The molecule has 0 spiro atoms. The first-order valence-corrected chi connectivity index (χ1v) is 8.25. The van der Waals surface area contributed by atoms with Crippen molar-refractivity contribution in [3.8, 4) is 0 Å². The normalized spacial score (nSPS) is 12.6. The van der Waals surface area contributed by atoms with E-state index in [1.54, 1.807) is 24.3 Å². The molecule has 0 fully saturated rings. The summed E-state index contributed by atoms with van der Waals surface area (Å²) in [5.41, 5.74) is -0.559. The zero-order valence-corrected chi connectivity index (χ0v) is 14.6. The molecule has 1 heterocycles. The fraction of sp³-hybridized carbons (Fsp3) is 0.211. The average Bonchev–Trinajstić information content (AvgIpc) is 3.04. The van der Waals surface area contributed by atoms with Gasteiger partial charge in [0.25, 0.3) is 5.91 Å². The van der Waals surface area contributed by atoms with Gasteiger partial charge in [0.05, 0.1) is 17.7 Å². The maximum atomic E-state index is 13.0. The predicted octanol–water partition coefficient (Wildman–Crippen LogP) is 3.96.